The molecule has 0 unspecified atom stereocenters. The Balaban J connectivity index is 2.26. The van der Waals surface area contributed by atoms with Gasteiger partial charge in [-0.2, -0.15) is 0 Å². The summed E-state index contributed by atoms with van der Waals surface area (Å²) in [6.45, 7) is 0.361. The number of carbonyl (C=O) groups excluding carboxylic acids is 1. The summed E-state index contributed by atoms with van der Waals surface area (Å²) in [5, 5.41) is 2.64. The summed E-state index contributed by atoms with van der Waals surface area (Å²) < 4.78 is 6.47. The van der Waals surface area contributed by atoms with E-state index in [0.29, 0.717) is 12.1 Å². The molecular weight excluding hydrogens is 244 g/mol. The van der Waals surface area contributed by atoms with Gasteiger partial charge in [0.15, 0.2) is 5.58 Å². The van der Waals surface area contributed by atoms with Gasteiger partial charge in [0, 0.05) is 13.6 Å². The number of alkyl halides is 1. The first-order chi connectivity index (χ1) is 8.11. The Bertz CT molecular complexity index is 615. The van der Waals surface area contributed by atoms with Crippen LogP contribution in [0.1, 0.15) is 5.56 Å². The molecule has 5 nitrogen and oxygen atoms in total. The number of halogens is 1. The van der Waals surface area contributed by atoms with Crippen LogP contribution in [0.5, 0.6) is 0 Å². The predicted octanol–water partition coefficient (Wildman–Crippen LogP) is 0.986. The van der Waals surface area contributed by atoms with Crippen molar-refractivity contribution in [3.05, 3.63) is 34.3 Å². The van der Waals surface area contributed by atoms with E-state index in [2.05, 4.69) is 5.32 Å². The van der Waals surface area contributed by atoms with Gasteiger partial charge in [0.05, 0.1) is 5.52 Å². The minimum Gasteiger partial charge on any atom is -0.408 e. The van der Waals surface area contributed by atoms with Gasteiger partial charge in [-0.3, -0.25) is 9.36 Å². The van der Waals surface area contributed by atoms with Gasteiger partial charge >= 0.3 is 5.76 Å². The van der Waals surface area contributed by atoms with Crippen LogP contribution < -0.4 is 11.1 Å². The lowest BCUT2D eigenvalue weighted by Crippen LogP contribution is -2.23. The molecule has 0 saturated heterocycles. The highest BCUT2D eigenvalue weighted by molar-refractivity contribution is 6.27. The van der Waals surface area contributed by atoms with Crippen LogP contribution in [0.2, 0.25) is 0 Å². The maximum atomic E-state index is 11.3. The van der Waals surface area contributed by atoms with Crippen LogP contribution in [0.15, 0.2) is 27.4 Å². The topological polar surface area (TPSA) is 64.2 Å². The fraction of sp³-hybridized carbons (Fsp3) is 0.273. The van der Waals surface area contributed by atoms with Crippen molar-refractivity contribution in [3.8, 4) is 0 Å². The summed E-state index contributed by atoms with van der Waals surface area (Å²) in [6, 6.07) is 5.33. The van der Waals surface area contributed by atoms with Crippen LogP contribution in [0.25, 0.3) is 11.1 Å². The molecule has 0 aliphatic heterocycles. The third-order valence-electron chi connectivity index (χ3n) is 2.47. The molecule has 1 aromatic heterocycles. The van der Waals surface area contributed by atoms with Crippen molar-refractivity contribution < 1.29 is 9.21 Å². The van der Waals surface area contributed by atoms with Gasteiger partial charge in [-0.1, -0.05) is 6.07 Å². The Labute approximate surface area is 102 Å². The lowest BCUT2D eigenvalue weighted by Gasteiger charge is -2.02. The van der Waals surface area contributed by atoms with E-state index in [1.807, 2.05) is 6.07 Å². The fourth-order valence-electron chi connectivity index (χ4n) is 1.54. The summed E-state index contributed by atoms with van der Waals surface area (Å²) in [5.41, 5.74) is 2.09. The van der Waals surface area contributed by atoms with E-state index in [4.69, 9.17) is 16.0 Å². The van der Waals surface area contributed by atoms with E-state index >= 15 is 0 Å². The van der Waals surface area contributed by atoms with Crippen molar-refractivity contribution in [2.45, 2.75) is 6.54 Å². The lowest BCUT2D eigenvalue weighted by molar-refractivity contribution is -0.118. The molecule has 0 radical (unpaired) electrons. The number of hydrogen-bond donors (Lipinski definition) is 1. The van der Waals surface area contributed by atoms with Gasteiger partial charge in [0.2, 0.25) is 5.91 Å². The highest BCUT2D eigenvalue weighted by Crippen LogP contribution is 2.13. The zero-order valence-electron chi connectivity index (χ0n) is 9.20. The molecule has 1 heterocycles. The van der Waals surface area contributed by atoms with Crippen LogP contribution in [0.4, 0.5) is 0 Å². The van der Waals surface area contributed by atoms with E-state index in [0.717, 1.165) is 11.1 Å². The molecule has 0 aliphatic carbocycles. The first-order valence-electron chi connectivity index (χ1n) is 5.03. The number of aromatic nitrogens is 1. The molecule has 0 fully saturated rings. The molecule has 90 valence electrons. The number of rotatable bonds is 3. The average Bonchev–Trinajstić information content (AvgIpc) is 2.62. The second kappa shape index (κ2) is 4.63. The van der Waals surface area contributed by atoms with Gasteiger partial charge in [0.1, 0.15) is 5.88 Å². The van der Waals surface area contributed by atoms with Gasteiger partial charge < -0.3 is 9.73 Å². The molecule has 1 amide bonds. The van der Waals surface area contributed by atoms with Crippen LogP contribution in [0.3, 0.4) is 0 Å². The molecule has 0 aliphatic rings. The normalized spacial score (nSPS) is 10.7. The highest BCUT2D eigenvalue weighted by atomic mass is 35.5. The molecule has 1 N–H and O–H groups in total. The second-order valence-electron chi connectivity index (χ2n) is 3.64. The fourth-order valence-corrected chi connectivity index (χ4v) is 1.63. The maximum Gasteiger partial charge on any atom is 0.419 e. The third kappa shape index (κ3) is 2.34. The minimum absolute atomic E-state index is 0.0668. The zero-order valence-corrected chi connectivity index (χ0v) is 9.95. The SMILES string of the molecule is Cn1c(=O)oc2cc(CNC(=O)CCl)ccc21. The predicted molar refractivity (Wildman–Crippen MR) is 64.0 cm³/mol. The van der Waals surface area contributed by atoms with Crippen molar-refractivity contribution in [3.63, 3.8) is 0 Å². The van der Waals surface area contributed by atoms with Crippen molar-refractivity contribution in [2.24, 2.45) is 7.05 Å². The Kier molecular flexibility index (Phi) is 3.19. The number of benzene rings is 1. The Morgan fingerprint density at radius 1 is 1.53 bits per heavy atom. The Morgan fingerprint density at radius 3 is 3.00 bits per heavy atom. The summed E-state index contributed by atoms with van der Waals surface area (Å²) in [6.07, 6.45) is 0. The summed E-state index contributed by atoms with van der Waals surface area (Å²) in [5.74, 6) is -0.703. The summed E-state index contributed by atoms with van der Waals surface area (Å²) >= 11 is 5.36. The second-order valence-corrected chi connectivity index (χ2v) is 3.91. The molecular formula is C11H11ClN2O3. The number of carbonyl (C=O) groups is 1. The quantitative estimate of drug-likeness (QED) is 0.831. The number of oxazole rings is 1. The van der Waals surface area contributed by atoms with E-state index in [1.165, 1.54) is 4.57 Å². The summed E-state index contributed by atoms with van der Waals surface area (Å²) in [7, 11) is 1.64. The van der Waals surface area contributed by atoms with E-state index in [1.54, 1.807) is 19.2 Å². The van der Waals surface area contributed by atoms with Crippen LogP contribution in [-0.4, -0.2) is 16.4 Å². The molecule has 0 atom stereocenters. The molecule has 0 spiro atoms. The monoisotopic (exact) mass is 254 g/mol. The number of nitrogens with one attached hydrogen (secondary N) is 1. The first-order valence-corrected chi connectivity index (χ1v) is 5.56. The molecule has 1 aromatic carbocycles. The average molecular weight is 255 g/mol. The van der Waals surface area contributed by atoms with Crippen molar-refractivity contribution in [1.82, 2.24) is 9.88 Å². The van der Waals surface area contributed by atoms with Gasteiger partial charge in [-0.15, -0.1) is 11.6 Å². The van der Waals surface area contributed by atoms with Gasteiger partial charge in [0.25, 0.3) is 0 Å². The largest absolute Gasteiger partial charge is 0.419 e. The third-order valence-corrected chi connectivity index (χ3v) is 2.71. The smallest absolute Gasteiger partial charge is 0.408 e. The number of aryl methyl sites for hydroxylation is 1. The van der Waals surface area contributed by atoms with Crippen molar-refractivity contribution in [2.75, 3.05) is 5.88 Å². The lowest BCUT2D eigenvalue weighted by atomic mass is 10.2. The first kappa shape index (κ1) is 11.7. The van der Waals surface area contributed by atoms with E-state index in [9.17, 15) is 9.59 Å². The number of amides is 1. The minimum atomic E-state index is -0.401. The molecule has 2 aromatic rings. The number of nitrogens with zero attached hydrogens (tertiary/aromatic N) is 1. The Morgan fingerprint density at radius 2 is 2.29 bits per heavy atom. The van der Waals surface area contributed by atoms with Crippen molar-refractivity contribution in [1.29, 1.82) is 0 Å². The van der Waals surface area contributed by atoms with Crippen LogP contribution in [0, 0.1) is 0 Å². The molecule has 17 heavy (non-hydrogen) atoms. The molecule has 2 rings (SSSR count). The Hall–Kier alpha value is -1.75. The maximum absolute atomic E-state index is 11.3. The van der Waals surface area contributed by atoms with Gasteiger partial charge in [-0.05, 0) is 17.7 Å². The van der Waals surface area contributed by atoms with Crippen LogP contribution in [-0.2, 0) is 18.4 Å². The number of fused-ring (bicyclic) bond motifs is 1. The molecule has 0 bridgehead atoms. The van der Waals surface area contributed by atoms with Crippen LogP contribution >= 0.6 is 11.6 Å². The van der Waals surface area contributed by atoms with E-state index < -0.39 is 5.76 Å². The van der Waals surface area contributed by atoms with Crippen molar-refractivity contribution >= 4 is 28.6 Å². The molecule has 0 saturated carbocycles. The van der Waals surface area contributed by atoms with E-state index in [-0.39, 0.29) is 11.8 Å². The highest BCUT2D eigenvalue weighted by Gasteiger charge is 2.06. The van der Waals surface area contributed by atoms with Gasteiger partial charge in [-0.25, -0.2) is 4.79 Å². The number of hydrogen-bond acceptors (Lipinski definition) is 3. The zero-order chi connectivity index (χ0) is 12.4. The molecule has 6 heteroatoms. The standard InChI is InChI=1S/C11H11ClN2O3/c1-14-8-3-2-7(6-13-10(15)5-12)4-9(8)17-11(14)16/h2-4H,5-6H2,1H3,(H,13,15). The summed E-state index contributed by atoms with van der Waals surface area (Å²) in [4.78, 5) is 22.3.